The number of nitrogens with zero attached hydrogens (tertiary/aromatic N) is 2. The lowest BCUT2D eigenvalue weighted by atomic mass is 10.2. The highest BCUT2D eigenvalue weighted by atomic mass is 32.1. The lowest BCUT2D eigenvalue weighted by molar-refractivity contribution is 0.628. The topological polar surface area (TPSA) is 42.2 Å². The van der Waals surface area contributed by atoms with Crippen LogP contribution in [0.4, 0.5) is 15.2 Å². The molecule has 0 saturated heterocycles. The van der Waals surface area contributed by atoms with Gasteiger partial charge in [-0.3, -0.25) is 0 Å². The Morgan fingerprint density at radius 1 is 1.50 bits per heavy atom. The molecule has 2 N–H and O–H groups in total. The number of aromatic nitrogens is 1. The van der Waals surface area contributed by atoms with Crippen molar-refractivity contribution in [3.05, 3.63) is 40.2 Å². The van der Waals surface area contributed by atoms with E-state index in [9.17, 15) is 4.39 Å². The molecule has 3 rings (SSSR count). The molecule has 0 spiro atoms. The van der Waals surface area contributed by atoms with Gasteiger partial charge in [0.05, 0.1) is 5.69 Å². The second-order valence-corrected chi connectivity index (χ2v) is 5.45. The molecule has 0 amide bonds. The van der Waals surface area contributed by atoms with Crippen molar-refractivity contribution in [1.29, 1.82) is 0 Å². The molecule has 0 atom stereocenters. The maximum Gasteiger partial charge on any atom is 0.190 e. The number of rotatable bonds is 2. The summed E-state index contributed by atoms with van der Waals surface area (Å²) in [5, 5.41) is 0.914. The van der Waals surface area contributed by atoms with Crippen LogP contribution in [-0.4, -0.2) is 11.5 Å². The third-order valence-electron chi connectivity index (χ3n) is 3.24. The fourth-order valence-corrected chi connectivity index (χ4v) is 3.25. The molecule has 0 unspecified atom stereocenters. The lowest BCUT2D eigenvalue weighted by Gasteiger charge is -2.15. The summed E-state index contributed by atoms with van der Waals surface area (Å²) in [4.78, 5) is 7.71. The molecule has 0 aliphatic carbocycles. The van der Waals surface area contributed by atoms with E-state index in [-0.39, 0.29) is 5.82 Å². The van der Waals surface area contributed by atoms with Crippen molar-refractivity contribution in [2.45, 2.75) is 19.9 Å². The van der Waals surface area contributed by atoms with Crippen LogP contribution in [0, 0.1) is 12.7 Å². The number of hydrogen-bond donors (Lipinski definition) is 1. The van der Waals surface area contributed by atoms with E-state index in [2.05, 4.69) is 9.88 Å². The van der Waals surface area contributed by atoms with E-state index in [0.717, 1.165) is 34.4 Å². The van der Waals surface area contributed by atoms with Gasteiger partial charge in [0.1, 0.15) is 5.82 Å². The predicted octanol–water partition coefficient (Wildman–Crippen LogP) is 2.74. The van der Waals surface area contributed by atoms with Crippen molar-refractivity contribution in [2.24, 2.45) is 5.73 Å². The Bertz CT molecular complexity index is 594. The first-order valence-corrected chi connectivity index (χ1v) is 6.73. The van der Waals surface area contributed by atoms with Crippen LogP contribution in [0.25, 0.3) is 0 Å². The number of benzene rings is 1. The van der Waals surface area contributed by atoms with Crippen molar-refractivity contribution in [3.63, 3.8) is 0 Å². The number of halogens is 1. The van der Waals surface area contributed by atoms with Gasteiger partial charge in [-0.2, -0.15) is 0 Å². The van der Waals surface area contributed by atoms with Crippen LogP contribution in [0.5, 0.6) is 0 Å². The normalized spacial score (nSPS) is 14.1. The summed E-state index contributed by atoms with van der Waals surface area (Å²) in [6.45, 7) is 3.33. The van der Waals surface area contributed by atoms with Gasteiger partial charge in [-0.1, -0.05) is 17.4 Å². The number of aryl methyl sites for hydroxylation is 1. The van der Waals surface area contributed by atoms with Crippen LogP contribution >= 0.6 is 11.3 Å². The molecule has 1 aliphatic rings. The van der Waals surface area contributed by atoms with E-state index < -0.39 is 0 Å². The maximum absolute atomic E-state index is 13.3. The first-order valence-electron chi connectivity index (χ1n) is 5.91. The molecule has 5 heteroatoms. The quantitative estimate of drug-likeness (QED) is 0.906. The minimum absolute atomic E-state index is 0.201. The molecule has 1 aromatic heterocycles. The average molecular weight is 263 g/mol. The van der Waals surface area contributed by atoms with Crippen molar-refractivity contribution >= 4 is 22.2 Å². The van der Waals surface area contributed by atoms with Crippen LogP contribution in [-0.2, 0) is 13.0 Å². The second-order valence-electron chi connectivity index (χ2n) is 4.38. The van der Waals surface area contributed by atoms with E-state index in [1.807, 2.05) is 13.0 Å². The summed E-state index contributed by atoms with van der Waals surface area (Å²) in [6, 6.07) is 4.96. The summed E-state index contributed by atoms with van der Waals surface area (Å²) in [5.74, 6) is -0.201. The molecule has 1 aromatic carbocycles. The van der Waals surface area contributed by atoms with E-state index in [4.69, 9.17) is 5.73 Å². The molecule has 2 heterocycles. The van der Waals surface area contributed by atoms with Gasteiger partial charge in [-0.25, -0.2) is 9.37 Å². The minimum Gasteiger partial charge on any atom is -0.326 e. The summed E-state index contributed by atoms with van der Waals surface area (Å²) >= 11 is 1.59. The number of anilines is 2. The third kappa shape index (κ3) is 1.79. The molecule has 1 aliphatic heterocycles. The minimum atomic E-state index is -0.201. The van der Waals surface area contributed by atoms with Gasteiger partial charge >= 0.3 is 0 Å². The molecule has 94 valence electrons. The SMILES string of the molecule is Cc1nc(N2CCc3ccc(F)cc32)sc1CN. The maximum atomic E-state index is 13.3. The second kappa shape index (κ2) is 4.33. The van der Waals surface area contributed by atoms with E-state index >= 15 is 0 Å². The molecular weight excluding hydrogens is 249 g/mol. The highest BCUT2D eigenvalue weighted by Crippen LogP contribution is 2.37. The average Bonchev–Trinajstić information content (AvgIpc) is 2.91. The summed E-state index contributed by atoms with van der Waals surface area (Å²) in [5.41, 5.74) is 8.76. The molecule has 2 aromatic rings. The summed E-state index contributed by atoms with van der Waals surface area (Å²) in [6.07, 6.45) is 0.937. The zero-order chi connectivity index (χ0) is 12.7. The molecular formula is C13H14FN3S. The number of thiazole rings is 1. The van der Waals surface area contributed by atoms with E-state index in [1.54, 1.807) is 17.4 Å². The Morgan fingerprint density at radius 3 is 3.06 bits per heavy atom. The summed E-state index contributed by atoms with van der Waals surface area (Å²) in [7, 11) is 0. The van der Waals surface area contributed by atoms with Gasteiger partial charge < -0.3 is 10.6 Å². The molecule has 0 saturated carbocycles. The molecule has 18 heavy (non-hydrogen) atoms. The highest BCUT2D eigenvalue weighted by Gasteiger charge is 2.23. The van der Waals surface area contributed by atoms with Crippen molar-refractivity contribution in [2.75, 3.05) is 11.4 Å². The Kier molecular flexibility index (Phi) is 2.80. The van der Waals surface area contributed by atoms with Crippen LogP contribution in [0.3, 0.4) is 0 Å². The van der Waals surface area contributed by atoms with E-state index in [1.165, 1.54) is 11.6 Å². The van der Waals surface area contributed by atoms with Gasteiger partial charge in [0.15, 0.2) is 5.13 Å². The molecule has 0 radical (unpaired) electrons. The van der Waals surface area contributed by atoms with Gasteiger partial charge in [0.2, 0.25) is 0 Å². The van der Waals surface area contributed by atoms with Gasteiger partial charge in [0, 0.05) is 23.7 Å². The number of hydrogen-bond acceptors (Lipinski definition) is 4. The first kappa shape index (κ1) is 11.6. The fourth-order valence-electron chi connectivity index (χ4n) is 2.27. The van der Waals surface area contributed by atoms with Gasteiger partial charge in [-0.15, -0.1) is 0 Å². The van der Waals surface area contributed by atoms with Crippen LogP contribution < -0.4 is 10.6 Å². The van der Waals surface area contributed by atoms with E-state index in [0.29, 0.717) is 6.54 Å². The largest absolute Gasteiger partial charge is 0.326 e. The zero-order valence-corrected chi connectivity index (χ0v) is 10.9. The molecule has 0 bridgehead atoms. The lowest BCUT2D eigenvalue weighted by Crippen LogP contribution is -2.12. The first-order chi connectivity index (χ1) is 8.69. The Labute approximate surface area is 109 Å². The van der Waals surface area contributed by atoms with Crippen LogP contribution in [0.15, 0.2) is 18.2 Å². The van der Waals surface area contributed by atoms with Gasteiger partial charge in [-0.05, 0) is 31.0 Å². The Balaban J connectivity index is 2.02. The zero-order valence-electron chi connectivity index (χ0n) is 10.1. The van der Waals surface area contributed by atoms with Crippen LogP contribution in [0.2, 0.25) is 0 Å². The predicted molar refractivity (Wildman–Crippen MR) is 71.9 cm³/mol. The molecule has 3 nitrogen and oxygen atoms in total. The highest BCUT2D eigenvalue weighted by molar-refractivity contribution is 7.15. The number of fused-ring (bicyclic) bond motifs is 1. The molecule has 0 fully saturated rings. The Morgan fingerprint density at radius 2 is 2.33 bits per heavy atom. The summed E-state index contributed by atoms with van der Waals surface area (Å²) < 4.78 is 13.3. The number of nitrogens with two attached hydrogens (primary N) is 1. The van der Waals surface area contributed by atoms with Crippen molar-refractivity contribution in [3.8, 4) is 0 Å². The Hall–Kier alpha value is -1.46. The van der Waals surface area contributed by atoms with Crippen molar-refractivity contribution in [1.82, 2.24) is 4.98 Å². The standard InChI is InChI=1S/C13H14FN3S/c1-8-12(7-15)18-13(16-8)17-5-4-9-2-3-10(14)6-11(9)17/h2-3,6H,4-5,7,15H2,1H3. The van der Waals surface area contributed by atoms with Crippen LogP contribution in [0.1, 0.15) is 16.1 Å². The fraction of sp³-hybridized carbons (Fsp3) is 0.308. The van der Waals surface area contributed by atoms with Crippen molar-refractivity contribution < 1.29 is 4.39 Å². The van der Waals surface area contributed by atoms with Gasteiger partial charge in [0.25, 0.3) is 0 Å². The monoisotopic (exact) mass is 263 g/mol. The smallest absolute Gasteiger partial charge is 0.190 e. The third-order valence-corrected chi connectivity index (χ3v) is 4.44.